The molecule has 10 atom stereocenters. The Morgan fingerprint density at radius 1 is 0.833 bits per heavy atom. The van der Waals surface area contributed by atoms with E-state index < -0.39 is 0 Å². The number of aliphatic imine (C=N–C) groups is 2. The van der Waals surface area contributed by atoms with E-state index in [0.717, 1.165) is 56.9 Å². The maximum atomic E-state index is 13.5. The van der Waals surface area contributed by atoms with E-state index in [2.05, 4.69) is 42.8 Å². The van der Waals surface area contributed by atoms with Crippen molar-refractivity contribution in [2.75, 3.05) is 0 Å². The maximum Gasteiger partial charge on any atom is 0.313 e. The molecule has 9 nitrogen and oxygen atoms in total. The summed E-state index contributed by atoms with van der Waals surface area (Å²) in [4.78, 5) is 28.5. The molecule has 0 spiro atoms. The molecule has 0 unspecified atom stereocenters. The molecule has 0 bridgehead atoms. The molecule has 0 radical (unpaired) electrons. The summed E-state index contributed by atoms with van der Waals surface area (Å²) in [7, 11) is 0. The highest BCUT2D eigenvalue weighted by molar-refractivity contribution is 5.86. The summed E-state index contributed by atoms with van der Waals surface area (Å²) in [6.07, 6.45) is 26.7. The zero-order valence-electron chi connectivity index (χ0n) is 30.8. The fourth-order valence-electron chi connectivity index (χ4n) is 10.1. The quantitative estimate of drug-likeness (QED) is 0.114. The van der Waals surface area contributed by atoms with Crippen molar-refractivity contribution in [2.45, 2.75) is 223 Å². The standard InChI is InChI=1S/C39H68N6O3/c1-5-6-7-8-9-12-15-18-30-25-34-22-23-35-36(29(4)40-38(41-30)44(34)35)37(46)48-28(3)17-14-11-10-13-16-19-31-26-33-21-20-32-24-27(2)45(47)39(42-31)43(32)33/h27-36,47H,5-26H2,1-4H3,(H,40,41)/t27-,28+,29+,30+,31+,32+,33-,34-,35-,36-/m0/s1. The van der Waals surface area contributed by atoms with Crippen molar-refractivity contribution < 1.29 is 14.7 Å². The molecule has 0 aromatic carbocycles. The van der Waals surface area contributed by atoms with Gasteiger partial charge in [0.05, 0.1) is 30.1 Å². The predicted octanol–water partition coefficient (Wildman–Crippen LogP) is 7.80. The third kappa shape index (κ3) is 8.29. The highest BCUT2D eigenvalue weighted by Crippen LogP contribution is 2.41. The monoisotopic (exact) mass is 669 g/mol. The number of unbranched alkanes of at least 4 members (excludes halogenated alkanes) is 10. The van der Waals surface area contributed by atoms with Crippen molar-refractivity contribution in [2.24, 2.45) is 15.9 Å². The van der Waals surface area contributed by atoms with Gasteiger partial charge in [-0.15, -0.1) is 0 Å². The Labute approximate surface area is 291 Å². The molecule has 272 valence electrons. The summed E-state index contributed by atoms with van der Waals surface area (Å²) in [6.45, 7) is 8.58. The van der Waals surface area contributed by atoms with Gasteiger partial charge in [0.25, 0.3) is 0 Å². The van der Waals surface area contributed by atoms with Crippen LogP contribution >= 0.6 is 0 Å². The molecule has 0 saturated carbocycles. The van der Waals surface area contributed by atoms with Gasteiger partial charge in [0.15, 0.2) is 5.96 Å². The van der Waals surface area contributed by atoms with E-state index in [1.807, 2.05) is 0 Å². The number of carbonyl (C=O) groups is 1. The fraction of sp³-hybridized carbons (Fsp3) is 0.923. The topological polar surface area (TPSA) is 93.0 Å². The first-order valence-electron chi connectivity index (χ1n) is 20.5. The molecule has 4 saturated heterocycles. The van der Waals surface area contributed by atoms with E-state index in [4.69, 9.17) is 14.7 Å². The molecule has 0 aromatic rings. The second-order valence-electron chi connectivity index (χ2n) is 16.5. The average Bonchev–Trinajstić information content (AvgIpc) is 3.67. The van der Waals surface area contributed by atoms with Crippen molar-refractivity contribution >= 4 is 17.9 Å². The van der Waals surface area contributed by atoms with E-state index in [-0.39, 0.29) is 36.1 Å². The summed E-state index contributed by atoms with van der Waals surface area (Å²) in [5.74, 6) is 1.70. The van der Waals surface area contributed by atoms with Gasteiger partial charge < -0.3 is 19.9 Å². The number of hydrogen-bond donors (Lipinski definition) is 2. The van der Waals surface area contributed by atoms with Crippen LogP contribution in [-0.4, -0.2) is 92.4 Å². The number of carbonyl (C=O) groups excluding carboxylic acids is 1. The Bertz CT molecular complexity index is 1120. The Morgan fingerprint density at radius 3 is 2.25 bits per heavy atom. The minimum atomic E-state index is -0.164. The first-order chi connectivity index (χ1) is 23.3. The van der Waals surface area contributed by atoms with Gasteiger partial charge in [-0.25, -0.2) is 15.0 Å². The van der Waals surface area contributed by atoms with Crippen LogP contribution < -0.4 is 5.32 Å². The zero-order chi connectivity index (χ0) is 33.6. The van der Waals surface area contributed by atoms with Crippen LogP contribution in [0.5, 0.6) is 0 Å². The van der Waals surface area contributed by atoms with Crippen molar-refractivity contribution in [1.29, 1.82) is 0 Å². The average molecular weight is 669 g/mol. The lowest BCUT2D eigenvalue weighted by Gasteiger charge is -2.47. The molecule has 0 amide bonds. The van der Waals surface area contributed by atoms with Crippen molar-refractivity contribution in [1.82, 2.24) is 20.2 Å². The Balaban J connectivity index is 0.866. The molecule has 6 aliphatic rings. The third-order valence-electron chi connectivity index (χ3n) is 12.8. The molecule has 6 heterocycles. The van der Waals surface area contributed by atoms with Crippen LogP contribution in [0.4, 0.5) is 0 Å². The van der Waals surface area contributed by atoms with Gasteiger partial charge in [0.1, 0.15) is 0 Å². The smallest absolute Gasteiger partial charge is 0.313 e. The van der Waals surface area contributed by atoms with Crippen LogP contribution in [0, 0.1) is 5.92 Å². The van der Waals surface area contributed by atoms with E-state index in [9.17, 15) is 10.0 Å². The van der Waals surface area contributed by atoms with E-state index in [0.29, 0.717) is 30.2 Å². The normalized spacial score (nSPS) is 34.3. The van der Waals surface area contributed by atoms with Gasteiger partial charge in [-0.3, -0.25) is 10.0 Å². The summed E-state index contributed by atoms with van der Waals surface area (Å²) in [5.41, 5.74) is 0. The van der Waals surface area contributed by atoms with Crippen LogP contribution in [-0.2, 0) is 9.53 Å². The third-order valence-corrected chi connectivity index (χ3v) is 12.8. The number of ether oxygens (including phenoxy) is 1. The van der Waals surface area contributed by atoms with Crippen LogP contribution in [0.3, 0.4) is 0 Å². The molecular formula is C39H68N6O3. The van der Waals surface area contributed by atoms with Crippen molar-refractivity contribution in [3.8, 4) is 0 Å². The Hall–Kier alpha value is -2.03. The molecule has 0 aromatic heterocycles. The lowest BCUT2D eigenvalue weighted by molar-refractivity contribution is -0.156. The molecule has 0 aliphatic carbocycles. The number of nitrogens with one attached hydrogen (secondary N) is 1. The molecule has 6 rings (SSSR count). The van der Waals surface area contributed by atoms with Gasteiger partial charge in [-0.1, -0.05) is 77.6 Å². The Morgan fingerprint density at radius 2 is 1.48 bits per heavy atom. The highest BCUT2D eigenvalue weighted by atomic mass is 16.5. The number of hydrogen-bond acceptors (Lipinski definition) is 9. The second-order valence-corrected chi connectivity index (χ2v) is 16.5. The lowest BCUT2D eigenvalue weighted by atomic mass is 9.89. The minimum Gasteiger partial charge on any atom is -0.462 e. The molecular weight excluding hydrogens is 600 g/mol. The lowest BCUT2D eigenvalue weighted by Crippen LogP contribution is -2.63. The number of hydroxylamine groups is 2. The molecule has 9 heteroatoms. The van der Waals surface area contributed by atoms with Gasteiger partial charge in [0.2, 0.25) is 5.96 Å². The van der Waals surface area contributed by atoms with Crippen LogP contribution in [0.15, 0.2) is 9.98 Å². The molecule has 4 fully saturated rings. The van der Waals surface area contributed by atoms with Gasteiger partial charge in [-0.05, 0) is 91.4 Å². The van der Waals surface area contributed by atoms with Gasteiger partial charge in [0, 0.05) is 30.2 Å². The van der Waals surface area contributed by atoms with Crippen LogP contribution in [0.2, 0.25) is 0 Å². The van der Waals surface area contributed by atoms with Crippen LogP contribution in [0.1, 0.15) is 169 Å². The van der Waals surface area contributed by atoms with Gasteiger partial charge >= 0.3 is 5.97 Å². The van der Waals surface area contributed by atoms with Crippen LogP contribution in [0.25, 0.3) is 0 Å². The Kier molecular flexibility index (Phi) is 12.5. The molecule has 48 heavy (non-hydrogen) atoms. The van der Waals surface area contributed by atoms with Gasteiger partial charge in [-0.2, -0.15) is 0 Å². The second kappa shape index (κ2) is 16.8. The summed E-state index contributed by atoms with van der Waals surface area (Å²) >= 11 is 0. The SMILES string of the molecule is CCCCCCCCC[C@@H]1C[C@@H]2CC[C@H]3[C@@H](C(=O)O[C@H](C)CCCCCCC[C@@H]4C[C@@H]5CC[C@@H]6C[C@H](C)N(O)C(=N4)N65)[C@@H](C)N=C(N1)N23. The van der Waals surface area contributed by atoms with E-state index in [1.54, 1.807) is 0 Å². The van der Waals surface area contributed by atoms with E-state index in [1.165, 1.54) is 101 Å². The van der Waals surface area contributed by atoms with Crippen molar-refractivity contribution in [3.05, 3.63) is 0 Å². The molecule has 6 aliphatic heterocycles. The summed E-state index contributed by atoms with van der Waals surface area (Å²) in [5, 5.41) is 15.9. The number of nitrogens with zero attached hydrogens (tertiary/aromatic N) is 5. The number of esters is 1. The number of guanidine groups is 2. The maximum absolute atomic E-state index is 13.5. The van der Waals surface area contributed by atoms with E-state index >= 15 is 0 Å². The fourth-order valence-corrected chi connectivity index (χ4v) is 10.1. The first kappa shape index (κ1) is 35.8. The summed E-state index contributed by atoms with van der Waals surface area (Å²) in [6, 6.07) is 2.85. The summed E-state index contributed by atoms with van der Waals surface area (Å²) < 4.78 is 6.10. The largest absolute Gasteiger partial charge is 0.462 e. The zero-order valence-corrected chi connectivity index (χ0v) is 30.8. The predicted molar refractivity (Wildman–Crippen MR) is 193 cm³/mol. The minimum absolute atomic E-state index is 0.0382. The highest BCUT2D eigenvalue weighted by Gasteiger charge is 2.51. The number of rotatable bonds is 18. The van der Waals surface area contributed by atoms with Crippen molar-refractivity contribution in [3.63, 3.8) is 0 Å². The first-order valence-corrected chi connectivity index (χ1v) is 20.5. The molecule has 2 N–H and O–H groups in total.